The van der Waals surface area contributed by atoms with E-state index in [4.69, 9.17) is 0 Å². The second-order valence-corrected chi connectivity index (χ2v) is 9.05. The van der Waals surface area contributed by atoms with E-state index in [1.165, 1.54) is 11.8 Å². The minimum atomic E-state index is -0.124. The fourth-order valence-corrected chi connectivity index (χ4v) is 4.80. The van der Waals surface area contributed by atoms with Crippen LogP contribution in [0.4, 0.5) is 0 Å². The van der Waals surface area contributed by atoms with Gasteiger partial charge in [-0.05, 0) is 64.7 Å². The van der Waals surface area contributed by atoms with Crippen LogP contribution < -0.4 is 5.43 Å². The van der Waals surface area contributed by atoms with Crippen LogP contribution in [0, 0.1) is 13.8 Å². The molecule has 3 nitrogen and oxygen atoms in total. The summed E-state index contributed by atoms with van der Waals surface area (Å²) < 4.78 is 1.08. The van der Waals surface area contributed by atoms with E-state index in [1.807, 2.05) is 38.1 Å². The Morgan fingerprint density at radius 2 is 1.60 bits per heavy atom. The van der Waals surface area contributed by atoms with Gasteiger partial charge >= 0.3 is 0 Å². The maximum atomic E-state index is 12.3. The van der Waals surface area contributed by atoms with Crippen LogP contribution in [0.3, 0.4) is 0 Å². The van der Waals surface area contributed by atoms with Gasteiger partial charge in [-0.2, -0.15) is 5.10 Å². The lowest BCUT2D eigenvalue weighted by molar-refractivity contribution is -0.118. The first-order valence-corrected chi connectivity index (χ1v) is 11.4. The lowest BCUT2D eigenvalue weighted by Gasteiger charge is -2.09. The number of hydrogen-bond acceptors (Lipinski definition) is 3. The second kappa shape index (κ2) is 9.02. The summed E-state index contributed by atoms with van der Waals surface area (Å²) in [6.45, 7) is 4.10. The van der Waals surface area contributed by atoms with Crippen molar-refractivity contribution in [3.05, 3.63) is 87.9 Å². The number of benzene rings is 4. The van der Waals surface area contributed by atoms with Crippen molar-refractivity contribution >= 4 is 61.4 Å². The van der Waals surface area contributed by atoms with Gasteiger partial charge in [-0.1, -0.05) is 64.5 Å². The molecule has 0 bridgehead atoms. The Bertz CT molecular complexity index is 1230. The number of hydrogen-bond donors (Lipinski definition) is 1. The van der Waals surface area contributed by atoms with Crippen LogP contribution in [0.1, 0.15) is 16.7 Å². The molecular weight excluding hydrogens is 456 g/mol. The molecule has 0 heterocycles. The summed E-state index contributed by atoms with van der Waals surface area (Å²) in [5.74, 6) is 0.191. The molecule has 0 aliphatic rings. The van der Waals surface area contributed by atoms with E-state index in [9.17, 15) is 4.79 Å². The minimum absolute atomic E-state index is 0.124. The van der Waals surface area contributed by atoms with Crippen molar-refractivity contribution in [1.82, 2.24) is 5.43 Å². The first-order valence-electron chi connectivity index (χ1n) is 9.65. The molecule has 4 aromatic rings. The number of fused-ring (bicyclic) bond motifs is 2. The maximum Gasteiger partial charge on any atom is 0.250 e. The van der Waals surface area contributed by atoms with Crippen molar-refractivity contribution in [2.24, 2.45) is 5.10 Å². The van der Waals surface area contributed by atoms with Gasteiger partial charge in [0.05, 0.1) is 12.0 Å². The van der Waals surface area contributed by atoms with E-state index in [-0.39, 0.29) is 5.91 Å². The monoisotopic (exact) mass is 476 g/mol. The number of aryl methyl sites for hydroxylation is 2. The summed E-state index contributed by atoms with van der Waals surface area (Å²) in [7, 11) is 0. The van der Waals surface area contributed by atoms with Crippen molar-refractivity contribution in [1.29, 1.82) is 0 Å². The lowest BCUT2D eigenvalue weighted by atomic mass is 9.97. The third-order valence-corrected chi connectivity index (χ3v) is 7.02. The highest BCUT2D eigenvalue weighted by atomic mass is 79.9. The van der Waals surface area contributed by atoms with Crippen LogP contribution in [0.15, 0.2) is 81.2 Å². The topological polar surface area (TPSA) is 41.5 Å². The average Bonchev–Trinajstić information content (AvgIpc) is 2.75. The fraction of sp³-hybridized carbons (Fsp3) is 0.120. The molecule has 1 amide bonds. The largest absolute Gasteiger partial charge is 0.272 e. The number of hydrazone groups is 1. The zero-order valence-corrected chi connectivity index (χ0v) is 19.2. The summed E-state index contributed by atoms with van der Waals surface area (Å²) in [6.07, 6.45) is 1.75. The van der Waals surface area contributed by atoms with Gasteiger partial charge in [0.1, 0.15) is 0 Å². The molecule has 30 heavy (non-hydrogen) atoms. The highest BCUT2D eigenvalue weighted by molar-refractivity contribution is 9.10. The average molecular weight is 477 g/mol. The molecule has 0 fully saturated rings. The third-order valence-electron chi connectivity index (χ3n) is 5.01. The summed E-state index contributed by atoms with van der Waals surface area (Å²) in [4.78, 5) is 13.4. The fourth-order valence-electron chi connectivity index (χ4n) is 3.44. The van der Waals surface area contributed by atoms with Crippen LogP contribution in [0.2, 0.25) is 0 Å². The van der Waals surface area contributed by atoms with E-state index in [1.54, 1.807) is 6.21 Å². The molecule has 0 saturated heterocycles. The molecule has 0 unspecified atom stereocenters. The Morgan fingerprint density at radius 3 is 2.27 bits per heavy atom. The van der Waals surface area contributed by atoms with Crippen molar-refractivity contribution < 1.29 is 4.79 Å². The predicted octanol–water partition coefficient (Wildman–Crippen LogP) is 6.61. The van der Waals surface area contributed by atoms with E-state index in [0.29, 0.717) is 5.75 Å². The first kappa shape index (κ1) is 20.6. The molecule has 0 radical (unpaired) electrons. The van der Waals surface area contributed by atoms with Gasteiger partial charge in [-0.3, -0.25) is 4.79 Å². The number of nitrogens with one attached hydrogen (secondary N) is 1. The highest BCUT2D eigenvalue weighted by Gasteiger charge is 2.08. The number of halogens is 1. The number of carbonyl (C=O) groups excluding carboxylic acids is 1. The highest BCUT2D eigenvalue weighted by Crippen LogP contribution is 2.29. The van der Waals surface area contributed by atoms with Crippen molar-refractivity contribution in [2.75, 3.05) is 5.75 Å². The van der Waals surface area contributed by atoms with Crippen LogP contribution in [0.5, 0.6) is 0 Å². The number of nitrogens with zero attached hydrogens (tertiary/aromatic N) is 1. The summed E-state index contributed by atoms with van der Waals surface area (Å²) in [5, 5.41) is 8.80. The summed E-state index contributed by atoms with van der Waals surface area (Å²) >= 11 is 5.07. The Balaban J connectivity index is 1.51. The smallest absolute Gasteiger partial charge is 0.250 e. The molecule has 4 aromatic carbocycles. The first-order chi connectivity index (χ1) is 14.5. The molecule has 0 aromatic heterocycles. The zero-order chi connectivity index (χ0) is 21.1. The van der Waals surface area contributed by atoms with E-state index in [2.05, 4.69) is 68.9 Å². The lowest BCUT2D eigenvalue weighted by Crippen LogP contribution is -2.19. The van der Waals surface area contributed by atoms with Crippen LogP contribution in [-0.4, -0.2) is 17.9 Å². The Hall–Kier alpha value is -2.63. The van der Waals surface area contributed by atoms with Crippen molar-refractivity contribution in [2.45, 2.75) is 18.7 Å². The molecule has 1 N–H and O–H groups in total. The number of rotatable bonds is 5. The van der Waals surface area contributed by atoms with Gasteiger partial charge in [-0.15, -0.1) is 11.8 Å². The van der Waals surface area contributed by atoms with Crippen LogP contribution in [-0.2, 0) is 4.79 Å². The maximum absolute atomic E-state index is 12.3. The van der Waals surface area contributed by atoms with Crippen molar-refractivity contribution in [3.8, 4) is 0 Å². The van der Waals surface area contributed by atoms with Gasteiger partial charge < -0.3 is 0 Å². The molecule has 0 spiro atoms. The molecule has 0 saturated carbocycles. The van der Waals surface area contributed by atoms with E-state index < -0.39 is 0 Å². The summed E-state index contributed by atoms with van der Waals surface area (Å²) in [5.41, 5.74) is 5.99. The van der Waals surface area contributed by atoms with Gasteiger partial charge in [0.2, 0.25) is 5.91 Å². The molecule has 150 valence electrons. The third kappa shape index (κ3) is 4.42. The Labute approximate surface area is 188 Å². The number of carbonyl (C=O) groups is 1. The summed E-state index contributed by atoms with van der Waals surface area (Å²) in [6, 6.07) is 22.8. The van der Waals surface area contributed by atoms with Gasteiger partial charge in [-0.25, -0.2) is 5.43 Å². The molecule has 5 heteroatoms. The molecule has 0 aliphatic heterocycles. The van der Waals surface area contributed by atoms with Gasteiger partial charge in [0, 0.05) is 14.9 Å². The second-order valence-electron chi connectivity index (χ2n) is 7.18. The Morgan fingerprint density at radius 1 is 0.967 bits per heavy atom. The van der Waals surface area contributed by atoms with E-state index >= 15 is 0 Å². The number of amides is 1. The SMILES string of the molecule is Cc1cc(SCC(=O)N/N=C\c2c3ccccc3cc3ccccc23)c(C)cc1Br. The van der Waals surface area contributed by atoms with Gasteiger partial charge in [0.25, 0.3) is 0 Å². The molecule has 0 atom stereocenters. The molecular formula is C25H21BrN2OS. The molecule has 0 aliphatic carbocycles. The van der Waals surface area contributed by atoms with E-state index in [0.717, 1.165) is 47.6 Å². The number of thioether (sulfide) groups is 1. The van der Waals surface area contributed by atoms with Gasteiger partial charge in [0.15, 0.2) is 0 Å². The van der Waals surface area contributed by atoms with Crippen molar-refractivity contribution in [3.63, 3.8) is 0 Å². The normalized spacial score (nSPS) is 11.4. The predicted molar refractivity (Wildman–Crippen MR) is 132 cm³/mol. The zero-order valence-electron chi connectivity index (χ0n) is 16.8. The Kier molecular flexibility index (Phi) is 6.21. The minimum Gasteiger partial charge on any atom is -0.272 e. The quantitative estimate of drug-likeness (QED) is 0.152. The molecule has 4 rings (SSSR count). The van der Waals surface area contributed by atoms with Crippen LogP contribution >= 0.6 is 27.7 Å². The van der Waals surface area contributed by atoms with Crippen LogP contribution in [0.25, 0.3) is 21.5 Å². The standard InChI is InChI=1S/C25H21BrN2OS/c1-16-12-24(17(2)11-23(16)26)30-15-25(29)28-27-14-22-20-9-5-3-7-18(20)13-19-8-4-6-10-21(19)22/h3-14H,15H2,1-2H3,(H,28,29)/b27-14-.